The summed E-state index contributed by atoms with van der Waals surface area (Å²) >= 11 is 6.06. The molecule has 0 saturated heterocycles. The fraction of sp³-hybridized carbons (Fsp3) is 0.455. The number of benzene rings is 1. The van der Waals surface area contributed by atoms with E-state index < -0.39 is 0 Å². The number of hydrogen-bond acceptors (Lipinski definition) is 1. The minimum atomic E-state index is 0.479. The van der Waals surface area contributed by atoms with Crippen LogP contribution >= 0.6 is 11.6 Å². The third-order valence-corrected chi connectivity index (χ3v) is 2.60. The molecule has 0 fully saturated rings. The highest BCUT2D eigenvalue weighted by Gasteiger charge is 2.07. The second-order valence-electron chi connectivity index (χ2n) is 3.48. The van der Waals surface area contributed by atoms with Crippen molar-refractivity contribution >= 4 is 11.6 Å². The Labute approximate surface area is 84.7 Å². The van der Waals surface area contributed by atoms with Crippen molar-refractivity contribution in [3.8, 4) is 5.75 Å². The number of halogens is 1. The first kappa shape index (κ1) is 10.4. The van der Waals surface area contributed by atoms with Gasteiger partial charge in [-0.1, -0.05) is 25.4 Å². The van der Waals surface area contributed by atoms with Crippen LogP contribution < -0.4 is 4.74 Å². The Morgan fingerprint density at radius 3 is 2.38 bits per heavy atom. The Morgan fingerprint density at radius 1 is 1.31 bits per heavy atom. The molecule has 0 unspecified atom stereocenters. The molecule has 0 aliphatic carbocycles. The van der Waals surface area contributed by atoms with Crippen molar-refractivity contribution in [1.82, 2.24) is 0 Å². The minimum Gasteiger partial charge on any atom is -0.496 e. The second-order valence-corrected chi connectivity index (χ2v) is 3.89. The van der Waals surface area contributed by atoms with Gasteiger partial charge in [-0.3, -0.25) is 0 Å². The molecule has 0 radical (unpaired) electrons. The van der Waals surface area contributed by atoms with E-state index in [4.69, 9.17) is 16.3 Å². The quantitative estimate of drug-likeness (QED) is 0.703. The SMILES string of the molecule is COc1cc(C(C)C)cc(Cl)c1C. The van der Waals surface area contributed by atoms with Crippen LogP contribution in [0.3, 0.4) is 0 Å². The van der Waals surface area contributed by atoms with Gasteiger partial charge in [0.05, 0.1) is 7.11 Å². The van der Waals surface area contributed by atoms with Gasteiger partial charge in [0.15, 0.2) is 0 Å². The van der Waals surface area contributed by atoms with Crippen molar-refractivity contribution in [1.29, 1.82) is 0 Å². The number of ether oxygens (including phenoxy) is 1. The molecule has 72 valence electrons. The highest BCUT2D eigenvalue weighted by molar-refractivity contribution is 6.31. The van der Waals surface area contributed by atoms with Crippen LogP contribution in [-0.2, 0) is 0 Å². The zero-order valence-corrected chi connectivity index (χ0v) is 9.27. The summed E-state index contributed by atoms with van der Waals surface area (Å²) in [6.07, 6.45) is 0. The Hall–Kier alpha value is -0.690. The van der Waals surface area contributed by atoms with Crippen LogP contribution in [0.4, 0.5) is 0 Å². The van der Waals surface area contributed by atoms with E-state index >= 15 is 0 Å². The molecule has 0 bridgehead atoms. The van der Waals surface area contributed by atoms with E-state index in [-0.39, 0.29) is 0 Å². The maximum atomic E-state index is 6.06. The highest BCUT2D eigenvalue weighted by atomic mass is 35.5. The first-order valence-electron chi connectivity index (χ1n) is 4.40. The highest BCUT2D eigenvalue weighted by Crippen LogP contribution is 2.30. The predicted molar refractivity (Wildman–Crippen MR) is 56.8 cm³/mol. The number of hydrogen-bond donors (Lipinski definition) is 0. The zero-order valence-electron chi connectivity index (χ0n) is 8.52. The zero-order chi connectivity index (χ0) is 10.0. The van der Waals surface area contributed by atoms with Crippen LogP contribution in [0.25, 0.3) is 0 Å². The molecule has 2 heteroatoms. The van der Waals surface area contributed by atoms with E-state index in [1.807, 2.05) is 19.1 Å². The third-order valence-electron chi connectivity index (χ3n) is 2.21. The Bertz CT molecular complexity index is 305. The Morgan fingerprint density at radius 2 is 1.92 bits per heavy atom. The molecular formula is C11H15ClO. The van der Waals surface area contributed by atoms with Gasteiger partial charge in [-0.2, -0.15) is 0 Å². The summed E-state index contributed by atoms with van der Waals surface area (Å²) in [5.41, 5.74) is 2.22. The molecule has 1 aromatic rings. The number of rotatable bonds is 2. The smallest absolute Gasteiger partial charge is 0.123 e. The average molecular weight is 199 g/mol. The molecule has 0 aromatic heterocycles. The van der Waals surface area contributed by atoms with Crippen molar-refractivity contribution in [2.24, 2.45) is 0 Å². The summed E-state index contributed by atoms with van der Waals surface area (Å²) in [4.78, 5) is 0. The molecule has 1 aromatic carbocycles. The van der Waals surface area contributed by atoms with Crippen LogP contribution in [-0.4, -0.2) is 7.11 Å². The first-order valence-corrected chi connectivity index (χ1v) is 4.78. The fourth-order valence-electron chi connectivity index (χ4n) is 1.22. The molecule has 0 aliphatic heterocycles. The fourth-order valence-corrected chi connectivity index (χ4v) is 1.44. The normalized spacial score (nSPS) is 10.6. The molecule has 13 heavy (non-hydrogen) atoms. The number of methoxy groups -OCH3 is 1. The average Bonchev–Trinajstić information content (AvgIpc) is 2.09. The lowest BCUT2D eigenvalue weighted by atomic mass is 10.0. The van der Waals surface area contributed by atoms with Crippen LogP contribution in [0.2, 0.25) is 5.02 Å². The van der Waals surface area contributed by atoms with E-state index in [0.29, 0.717) is 5.92 Å². The largest absolute Gasteiger partial charge is 0.496 e. The van der Waals surface area contributed by atoms with Crippen molar-refractivity contribution in [2.45, 2.75) is 26.7 Å². The molecule has 1 rings (SSSR count). The molecule has 0 heterocycles. The summed E-state index contributed by atoms with van der Waals surface area (Å²) in [7, 11) is 1.67. The standard InChI is InChI=1S/C11H15ClO/c1-7(2)9-5-10(12)8(3)11(6-9)13-4/h5-7H,1-4H3. The van der Waals surface area contributed by atoms with E-state index in [9.17, 15) is 0 Å². The van der Waals surface area contributed by atoms with Crippen LogP contribution in [0.15, 0.2) is 12.1 Å². The lowest BCUT2D eigenvalue weighted by Gasteiger charge is -2.11. The summed E-state index contributed by atoms with van der Waals surface area (Å²) < 4.78 is 5.23. The first-order chi connectivity index (χ1) is 6.06. The van der Waals surface area contributed by atoms with Crippen molar-refractivity contribution < 1.29 is 4.74 Å². The second kappa shape index (κ2) is 4.01. The summed E-state index contributed by atoms with van der Waals surface area (Å²) in [6, 6.07) is 4.05. The van der Waals surface area contributed by atoms with E-state index in [0.717, 1.165) is 16.3 Å². The molecule has 0 N–H and O–H groups in total. The summed E-state index contributed by atoms with van der Waals surface area (Å²) in [5.74, 6) is 1.35. The van der Waals surface area contributed by atoms with Crippen molar-refractivity contribution in [3.63, 3.8) is 0 Å². The summed E-state index contributed by atoms with van der Waals surface area (Å²) in [6.45, 7) is 6.24. The molecule has 0 saturated carbocycles. The van der Waals surface area contributed by atoms with Gasteiger partial charge in [-0.25, -0.2) is 0 Å². The van der Waals surface area contributed by atoms with Crippen molar-refractivity contribution in [2.75, 3.05) is 7.11 Å². The molecule has 0 atom stereocenters. The van der Waals surface area contributed by atoms with E-state index in [1.54, 1.807) is 7.11 Å². The van der Waals surface area contributed by atoms with Gasteiger partial charge in [-0.15, -0.1) is 0 Å². The maximum absolute atomic E-state index is 6.06. The van der Waals surface area contributed by atoms with Crippen molar-refractivity contribution in [3.05, 3.63) is 28.3 Å². The molecule has 0 amide bonds. The van der Waals surface area contributed by atoms with Gasteiger partial charge in [-0.05, 0) is 30.5 Å². The van der Waals surface area contributed by atoms with Crippen LogP contribution in [0.5, 0.6) is 5.75 Å². The van der Waals surface area contributed by atoms with Gasteiger partial charge in [0.25, 0.3) is 0 Å². The Balaban J connectivity index is 3.22. The topological polar surface area (TPSA) is 9.23 Å². The van der Waals surface area contributed by atoms with E-state index in [2.05, 4.69) is 13.8 Å². The molecular weight excluding hydrogens is 184 g/mol. The Kier molecular flexibility index (Phi) is 3.21. The van der Waals surface area contributed by atoms with Gasteiger partial charge >= 0.3 is 0 Å². The predicted octanol–water partition coefficient (Wildman–Crippen LogP) is 3.78. The molecule has 0 spiro atoms. The maximum Gasteiger partial charge on any atom is 0.123 e. The van der Waals surface area contributed by atoms with Gasteiger partial charge < -0.3 is 4.74 Å². The van der Waals surface area contributed by atoms with Gasteiger partial charge in [0.2, 0.25) is 0 Å². The minimum absolute atomic E-state index is 0.479. The molecule has 0 aliphatic rings. The monoisotopic (exact) mass is 198 g/mol. The summed E-state index contributed by atoms with van der Waals surface area (Å²) in [5, 5.41) is 0.781. The molecule has 1 nitrogen and oxygen atoms in total. The third kappa shape index (κ3) is 2.16. The lowest BCUT2D eigenvalue weighted by molar-refractivity contribution is 0.411. The van der Waals surface area contributed by atoms with Gasteiger partial charge in [0.1, 0.15) is 5.75 Å². The van der Waals surface area contributed by atoms with Crippen LogP contribution in [0, 0.1) is 6.92 Å². The van der Waals surface area contributed by atoms with Gasteiger partial charge in [0, 0.05) is 10.6 Å². The lowest BCUT2D eigenvalue weighted by Crippen LogP contribution is -1.93. The van der Waals surface area contributed by atoms with E-state index in [1.165, 1.54) is 5.56 Å². The van der Waals surface area contributed by atoms with Crippen LogP contribution in [0.1, 0.15) is 30.9 Å².